The fourth-order valence-electron chi connectivity index (χ4n) is 1.96. The van der Waals surface area contributed by atoms with E-state index in [1.165, 1.54) is 0 Å². The Hall–Kier alpha value is -1.26. The van der Waals surface area contributed by atoms with E-state index < -0.39 is 0 Å². The lowest BCUT2D eigenvalue weighted by Crippen LogP contribution is -2.46. The molecule has 1 saturated heterocycles. The van der Waals surface area contributed by atoms with Crippen LogP contribution in [-0.2, 0) is 0 Å². The number of para-hydroxylation sites is 1. The first kappa shape index (κ1) is 14.8. The van der Waals surface area contributed by atoms with E-state index in [-0.39, 0.29) is 18.3 Å². The molecule has 1 amide bonds. The second-order valence-electron chi connectivity index (χ2n) is 3.97. The van der Waals surface area contributed by atoms with Crippen molar-refractivity contribution in [1.82, 2.24) is 10.2 Å². The minimum absolute atomic E-state index is 0. The molecule has 5 heteroatoms. The molecule has 0 aliphatic carbocycles. The Bertz CT molecular complexity index is 392. The second kappa shape index (κ2) is 7.24. The minimum Gasteiger partial charge on any atom is -0.493 e. The van der Waals surface area contributed by atoms with Crippen LogP contribution in [0.1, 0.15) is 17.3 Å². The van der Waals surface area contributed by atoms with E-state index >= 15 is 0 Å². The second-order valence-corrected chi connectivity index (χ2v) is 3.97. The monoisotopic (exact) mass is 270 g/mol. The third-order valence-electron chi connectivity index (χ3n) is 2.82. The van der Waals surface area contributed by atoms with Crippen molar-refractivity contribution in [1.29, 1.82) is 0 Å². The van der Waals surface area contributed by atoms with Gasteiger partial charge in [0.05, 0.1) is 12.2 Å². The standard InChI is InChI=1S/C13H18N2O2.ClH/c1-2-17-12-6-4-3-5-11(12)13(16)15-9-7-14-8-10-15;/h3-6,14H,2,7-10H2,1H3;1H. The molecule has 0 atom stereocenters. The van der Waals surface area contributed by atoms with Crippen LogP contribution in [0.25, 0.3) is 0 Å². The molecule has 1 N–H and O–H groups in total. The van der Waals surface area contributed by atoms with Gasteiger partial charge in [0.25, 0.3) is 5.91 Å². The van der Waals surface area contributed by atoms with E-state index in [0.29, 0.717) is 17.9 Å². The lowest BCUT2D eigenvalue weighted by Gasteiger charge is -2.28. The molecule has 0 spiro atoms. The Kier molecular flexibility index (Phi) is 5.95. The zero-order valence-electron chi connectivity index (χ0n) is 10.5. The zero-order chi connectivity index (χ0) is 12.1. The fourth-order valence-corrected chi connectivity index (χ4v) is 1.96. The predicted molar refractivity (Wildman–Crippen MR) is 73.6 cm³/mol. The Labute approximate surface area is 114 Å². The average molecular weight is 271 g/mol. The van der Waals surface area contributed by atoms with Gasteiger partial charge < -0.3 is 15.0 Å². The number of benzene rings is 1. The Morgan fingerprint density at radius 2 is 2.00 bits per heavy atom. The van der Waals surface area contributed by atoms with Gasteiger partial charge in [-0.05, 0) is 19.1 Å². The van der Waals surface area contributed by atoms with E-state index in [0.717, 1.165) is 26.2 Å². The topological polar surface area (TPSA) is 41.6 Å². The van der Waals surface area contributed by atoms with E-state index in [1.54, 1.807) is 0 Å². The highest BCUT2D eigenvalue weighted by atomic mass is 35.5. The molecule has 0 unspecified atom stereocenters. The Balaban J connectivity index is 0.00000162. The van der Waals surface area contributed by atoms with Gasteiger partial charge in [-0.25, -0.2) is 0 Å². The summed E-state index contributed by atoms with van der Waals surface area (Å²) in [6, 6.07) is 7.44. The van der Waals surface area contributed by atoms with E-state index in [4.69, 9.17) is 4.74 Å². The third kappa shape index (κ3) is 3.37. The molecule has 1 aromatic rings. The van der Waals surface area contributed by atoms with Gasteiger partial charge in [-0.2, -0.15) is 0 Å². The molecule has 0 aromatic heterocycles. The normalized spacial score (nSPS) is 14.8. The predicted octanol–water partition coefficient (Wildman–Crippen LogP) is 1.55. The molecule has 0 saturated carbocycles. The van der Waals surface area contributed by atoms with Crippen molar-refractivity contribution in [2.24, 2.45) is 0 Å². The van der Waals surface area contributed by atoms with Crippen LogP contribution >= 0.6 is 12.4 Å². The molecule has 1 aliphatic heterocycles. The molecule has 100 valence electrons. The van der Waals surface area contributed by atoms with Crippen LogP contribution in [0.5, 0.6) is 5.75 Å². The van der Waals surface area contributed by atoms with Crippen molar-refractivity contribution in [3.63, 3.8) is 0 Å². The Morgan fingerprint density at radius 3 is 2.67 bits per heavy atom. The summed E-state index contributed by atoms with van der Waals surface area (Å²) in [7, 11) is 0. The van der Waals surface area contributed by atoms with Crippen LogP contribution < -0.4 is 10.1 Å². The van der Waals surface area contributed by atoms with Crippen LogP contribution in [0.3, 0.4) is 0 Å². The highest BCUT2D eigenvalue weighted by Gasteiger charge is 2.20. The first-order valence-corrected chi connectivity index (χ1v) is 6.04. The molecule has 1 heterocycles. The summed E-state index contributed by atoms with van der Waals surface area (Å²) in [5.41, 5.74) is 0.663. The average Bonchev–Trinajstić information content (AvgIpc) is 2.40. The number of carbonyl (C=O) groups excluding carboxylic acids is 1. The first-order valence-electron chi connectivity index (χ1n) is 6.04. The van der Waals surface area contributed by atoms with Gasteiger partial charge in [-0.1, -0.05) is 12.1 Å². The molecule has 0 bridgehead atoms. The van der Waals surface area contributed by atoms with E-state index in [2.05, 4.69) is 5.32 Å². The number of nitrogens with one attached hydrogen (secondary N) is 1. The van der Waals surface area contributed by atoms with Crippen LogP contribution in [0.15, 0.2) is 24.3 Å². The number of nitrogens with zero attached hydrogens (tertiary/aromatic N) is 1. The smallest absolute Gasteiger partial charge is 0.257 e. The van der Waals surface area contributed by atoms with Gasteiger partial charge >= 0.3 is 0 Å². The lowest BCUT2D eigenvalue weighted by molar-refractivity contribution is 0.0731. The molecule has 1 aliphatic rings. The van der Waals surface area contributed by atoms with E-state index in [9.17, 15) is 4.79 Å². The summed E-state index contributed by atoms with van der Waals surface area (Å²) in [4.78, 5) is 14.2. The van der Waals surface area contributed by atoms with Crippen LogP contribution in [0.2, 0.25) is 0 Å². The number of carbonyl (C=O) groups is 1. The van der Waals surface area contributed by atoms with Crippen molar-refractivity contribution in [3.8, 4) is 5.75 Å². The SMILES string of the molecule is CCOc1ccccc1C(=O)N1CCNCC1.Cl. The fraction of sp³-hybridized carbons (Fsp3) is 0.462. The van der Waals surface area contributed by atoms with Crippen LogP contribution in [-0.4, -0.2) is 43.6 Å². The molecular weight excluding hydrogens is 252 g/mol. The molecule has 2 rings (SSSR count). The molecule has 18 heavy (non-hydrogen) atoms. The molecule has 1 fully saturated rings. The van der Waals surface area contributed by atoms with Gasteiger partial charge in [0, 0.05) is 26.2 Å². The maximum atomic E-state index is 12.3. The summed E-state index contributed by atoms with van der Waals surface area (Å²) in [5, 5.41) is 3.24. The third-order valence-corrected chi connectivity index (χ3v) is 2.82. The van der Waals surface area contributed by atoms with Crippen molar-refractivity contribution >= 4 is 18.3 Å². The quantitative estimate of drug-likeness (QED) is 0.906. The summed E-state index contributed by atoms with van der Waals surface area (Å²) >= 11 is 0. The largest absolute Gasteiger partial charge is 0.493 e. The molecule has 4 nitrogen and oxygen atoms in total. The van der Waals surface area contributed by atoms with Gasteiger partial charge in [-0.3, -0.25) is 4.79 Å². The minimum atomic E-state index is 0. The number of hydrogen-bond acceptors (Lipinski definition) is 3. The van der Waals surface area contributed by atoms with Crippen molar-refractivity contribution in [2.75, 3.05) is 32.8 Å². The Morgan fingerprint density at radius 1 is 1.33 bits per heavy atom. The first-order chi connectivity index (χ1) is 8.33. The molecule has 1 aromatic carbocycles. The van der Waals surface area contributed by atoms with Crippen molar-refractivity contribution in [2.45, 2.75) is 6.92 Å². The highest BCUT2D eigenvalue weighted by Crippen LogP contribution is 2.20. The number of hydrogen-bond donors (Lipinski definition) is 1. The van der Waals surface area contributed by atoms with Gasteiger partial charge in [0.1, 0.15) is 5.75 Å². The lowest BCUT2D eigenvalue weighted by atomic mass is 10.1. The summed E-state index contributed by atoms with van der Waals surface area (Å²) in [6.07, 6.45) is 0. The maximum Gasteiger partial charge on any atom is 0.257 e. The van der Waals surface area contributed by atoms with Crippen molar-refractivity contribution in [3.05, 3.63) is 29.8 Å². The summed E-state index contributed by atoms with van der Waals surface area (Å²) in [5.74, 6) is 0.745. The number of amides is 1. The van der Waals surface area contributed by atoms with Gasteiger partial charge in [0.15, 0.2) is 0 Å². The zero-order valence-corrected chi connectivity index (χ0v) is 11.3. The summed E-state index contributed by atoms with van der Waals surface area (Å²) in [6.45, 7) is 5.75. The highest BCUT2D eigenvalue weighted by molar-refractivity contribution is 5.97. The van der Waals surface area contributed by atoms with Crippen LogP contribution in [0, 0.1) is 0 Å². The van der Waals surface area contributed by atoms with Crippen LogP contribution in [0.4, 0.5) is 0 Å². The number of piperazine rings is 1. The van der Waals surface area contributed by atoms with Gasteiger partial charge in [-0.15, -0.1) is 12.4 Å². The number of rotatable bonds is 3. The van der Waals surface area contributed by atoms with Crippen molar-refractivity contribution < 1.29 is 9.53 Å². The number of halogens is 1. The molecular formula is C13H19ClN2O2. The van der Waals surface area contributed by atoms with E-state index in [1.807, 2.05) is 36.1 Å². The molecule has 0 radical (unpaired) electrons. The number of ether oxygens (including phenoxy) is 1. The van der Waals surface area contributed by atoms with Gasteiger partial charge in [0.2, 0.25) is 0 Å². The summed E-state index contributed by atoms with van der Waals surface area (Å²) < 4.78 is 5.49. The maximum absolute atomic E-state index is 12.3.